The molecule has 0 amide bonds. The van der Waals surface area contributed by atoms with Gasteiger partial charge in [-0.2, -0.15) is 0 Å². The molecule has 4 heteroatoms. The molecule has 0 N–H and O–H groups in total. The Bertz CT molecular complexity index is 2710. The third-order valence-electron chi connectivity index (χ3n) is 9.55. The lowest BCUT2D eigenvalue weighted by molar-refractivity contribution is 1.10. The average molecular weight is 688 g/mol. The predicted octanol–water partition coefficient (Wildman–Crippen LogP) is 11.5. The van der Waals surface area contributed by atoms with Crippen LogP contribution in [0.2, 0.25) is 0 Å². The van der Waals surface area contributed by atoms with Crippen LogP contribution < -0.4 is 9.75 Å². The Hall–Kier alpha value is -6.36. The Morgan fingerprint density at radius 3 is 1.88 bits per heavy atom. The molecule has 3 nitrogen and oxygen atoms in total. The minimum Gasteiger partial charge on any atom is -0.309 e. The van der Waals surface area contributed by atoms with Gasteiger partial charge in [-0.15, -0.1) is 11.3 Å². The van der Waals surface area contributed by atoms with Crippen LogP contribution in [-0.2, 0) is 0 Å². The first-order chi connectivity index (χ1) is 25.6. The zero-order valence-electron chi connectivity index (χ0n) is 29.3. The third-order valence-corrected chi connectivity index (χ3v) is 10.8. The second-order valence-corrected chi connectivity index (χ2v) is 13.7. The fraction of sp³-hybridized carbons (Fsp3) is 0.0417. The maximum atomic E-state index is 5.04. The number of nitrogens with zero attached hydrogens (tertiary/aromatic N) is 3. The van der Waals surface area contributed by atoms with E-state index in [4.69, 9.17) is 9.97 Å². The normalized spacial score (nSPS) is 12.7. The molecular weight excluding hydrogens is 651 g/mol. The molecule has 0 aliphatic rings. The summed E-state index contributed by atoms with van der Waals surface area (Å²) in [6, 6.07) is 48.3. The number of hydrogen-bond acceptors (Lipinski definition) is 3. The molecule has 0 fully saturated rings. The van der Waals surface area contributed by atoms with E-state index in [2.05, 4.69) is 147 Å². The van der Waals surface area contributed by atoms with Crippen molar-refractivity contribution < 1.29 is 0 Å². The molecule has 0 aliphatic heterocycles. The molecular formula is C48H37N3S. The zero-order valence-corrected chi connectivity index (χ0v) is 30.1. The molecule has 0 spiro atoms. The summed E-state index contributed by atoms with van der Waals surface area (Å²) >= 11 is 1.82. The van der Waals surface area contributed by atoms with Crippen LogP contribution in [0.15, 0.2) is 164 Å². The van der Waals surface area contributed by atoms with Crippen molar-refractivity contribution in [3.05, 3.63) is 185 Å². The molecule has 0 saturated heterocycles. The molecule has 3 aromatic heterocycles. The standard InChI is InChI=1S/C48H37N3S/c1-5-37(47-38(6-2)40-23-15-17-25-46(40)52-47)32(4)30-41-39-22-14-16-24-45(39)51(44(41)7-3)36-28-26-35(27-29-36)48-49-42(33-18-10-8-11-19-33)31-43(50-48)34-20-12-9-13-21-34/h5-31H,1,3H2,2,4H3/b32-30+,38-6-,47-37-. The molecule has 0 unspecified atom stereocenters. The Labute approximate surface area is 308 Å². The lowest BCUT2D eigenvalue weighted by Gasteiger charge is -2.12. The second-order valence-electron chi connectivity index (χ2n) is 12.7. The Morgan fingerprint density at radius 2 is 1.27 bits per heavy atom. The topological polar surface area (TPSA) is 30.7 Å². The van der Waals surface area contributed by atoms with Gasteiger partial charge in [0.1, 0.15) is 0 Å². The number of allylic oxidation sites excluding steroid dienone is 2. The van der Waals surface area contributed by atoms with Crippen molar-refractivity contribution in [2.24, 2.45) is 0 Å². The number of aromatic nitrogens is 3. The quantitative estimate of drug-likeness (QED) is 0.159. The van der Waals surface area contributed by atoms with Crippen LogP contribution in [0.4, 0.5) is 0 Å². The molecule has 0 saturated carbocycles. The van der Waals surface area contributed by atoms with E-state index < -0.39 is 0 Å². The number of fused-ring (bicyclic) bond motifs is 2. The molecule has 0 radical (unpaired) electrons. The summed E-state index contributed by atoms with van der Waals surface area (Å²) in [5.74, 6) is 0.685. The summed E-state index contributed by atoms with van der Waals surface area (Å²) in [5.41, 5.74) is 11.4. The highest BCUT2D eigenvalue weighted by Crippen LogP contribution is 2.34. The van der Waals surface area contributed by atoms with Gasteiger partial charge in [0, 0.05) is 42.6 Å². The summed E-state index contributed by atoms with van der Waals surface area (Å²) in [7, 11) is 0. The Balaban J connectivity index is 1.25. The fourth-order valence-electron chi connectivity index (χ4n) is 7.04. The molecule has 0 bridgehead atoms. The average Bonchev–Trinajstić information content (AvgIpc) is 3.73. The van der Waals surface area contributed by atoms with Gasteiger partial charge in [0.05, 0.1) is 22.6 Å². The van der Waals surface area contributed by atoms with Crippen molar-refractivity contribution in [2.75, 3.05) is 0 Å². The number of rotatable bonds is 8. The predicted molar refractivity (Wildman–Crippen MR) is 224 cm³/mol. The van der Waals surface area contributed by atoms with Gasteiger partial charge in [0.15, 0.2) is 5.82 Å². The maximum Gasteiger partial charge on any atom is 0.160 e. The summed E-state index contributed by atoms with van der Waals surface area (Å²) in [6.07, 6.45) is 8.46. The molecule has 250 valence electrons. The van der Waals surface area contributed by atoms with E-state index in [1.165, 1.54) is 19.8 Å². The maximum absolute atomic E-state index is 5.04. The van der Waals surface area contributed by atoms with Crippen molar-refractivity contribution in [2.45, 2.75) is 13.8 Å². The molecule has 5 aromatic carbocycles. The van der Waals surface area contributed by atoms with Crippen molar-refractivity contribution in [1.82, 2.24) is 14.5 Å². The highest BCUT2D eigenvalue weighted by molar-refractivity contribution is 7.17. The third kappa shape index (κ3) is 5.93. The number of para-hydroxylation sites is 1. The molecule has 8 aromatic rings. The van der Waals surface area contributed by atoms with Crippen LogP contribution in [0.1, 0.15) is 25.1 Å². The first-order valence-corrected chi connectivity index (χ1v) is 18.3. The zero-order chi connectivity index (χ0) is 35.6. The lowest BCUT2D eigenvalue weighted by atomic mass is 10.0. The van der Waals surface area contributed by atoms with E-state index in [0.717, 1.165) is 67.1 Å². The van der Waals surface area contributed by atoms with Gasteiger partial charge in [-0.1, -0.05) is 122 Å². The van der Waals surface area contributed by atoms with Crippen LogP contribution in [0.3, 0.4) is 0 Å². The first-order valence-electron chi connectivity index (χ1n) is 17.4. The van der Waals surface area contributed by atoms with Gasteiger partial charge in [-0.3, -0.25) is 0 Å². The van der Waals surface area contributed by atoms with Gasteiger partial charge < -0.3 is 4.57 Å². The van der Waals surface area contributed by atoms with Crippen molar-refractivity contribution in [3.8, 4) is 39.6 Å². The van der Waals surface area contributed by atoms with Gasteiger partial charge in [0.2, 0.25) is 0 Å². The van der Waals surface area contributed by atoms with Crippen molar-refractivity contribution in [3.63, 3.8) is 0 Å². The van der Waals surface area contributed by atoms with Crippen LogP contribution >= 0.6 is 11.3 Å². The lowest BCUT2D eigenvalue weighted by Crippen LogP contribution is -2.21. The van der Waals surface area contributed by atoms with E-state index in [9.17, 15) is 0 Å². The van der Waals surface area contributed by atoms with Gasteiger partial charge >= 0.3 is 0 Å². The first kappa shape index (κ1) is 32.8. The van der Waals surface area contributed by atoms with Crippen LogP contribution in [0.25, 0.3) is 84.4 Å². The second kappa shape index (κ2) is 14.1. The van der Waals surface area contributed by atoms with E-state index in [1.54, 1.807) is 0 Å². The van der Waals surface area contributed by atoms with Crippen molar-refractivity contribution >= 4 is 56.1 Å². The van der Waals surface area contributed by atoms with Gasteiger partial charge in [-0.05, 0) is 90.2 Å². The summed E-state index contributed by atoms with van der Waals surface area (Å²) in [6.45, 7) is 12.9. The molecule has 52 heavy (non-hydrogen) atoms. The number of thiophene rings is 1. The summed E-state index contributed by atoms with van der Waals surface area (Å²) in [5, 5.41) is 3.69. The summed E-state index contributed by atoms with van der Waals surface area (Å²) < 4.78 is 4.80. The molecule has 8 rings (SSSR count). The van der Waals surface area contributed by atoms with E-state index in [1.807, 2.05) is 59.9 Å². The van der Waals surface area contributed by atoms with E-state index >= 15 is 0 Å². The smallest absolute Gasteiger partial charge is 0.160 e. The van der Waals surface area contributed by atoms with Crippen LogP contribution in [-0.4, -0.2) is 14.5 Å². The number of hydrogen-bond donors (Lipinski definition) is 0. The largest absolute Gasteiger partial charge is 0.309 e. The molecule has 0 aliphatic carbocycles. The monoisotopic (exact) mass is 687 g/mol. The van der Waals surface area contributed by atoms with E-state index in [0.29, 0.717) is 5.82 Å². The Morgan fingerprint density at radius 1 is 0.673 bits per heavy atom. The van der Waals surface area contributed by atoms with Crippen LogP contribution in [0.5, 0.6) is 0 Å². The fourth-order valence-corrected chi connectivity index (χ4v) is 8.39. The highest BCUT2D eigenvalue weighted by atomic mass is 32.1. The number of benzene rings is 5. The molecule has 3 heterocycles. The highest BCUT2D eigenvalue weighted by Gasteiger charge is 2.17. The van der Waals surface area contributed by atoms with Gasteiger partial charge in [-0.25, -0.2) is 9.97 Å². The summed E-state index contributed by atoms with van der Waals surface area (Å²) in [4.78, 5) is 10.1. The van der Waals surface area contributed by atoms with Crippen molar-refractivity contribution in [1.29, 1.82) is 0 Å². The molecule has 0 atom stereocenters. The minimum atomic E-state index is 0.685. The van der Waals surface area contributed by atoms with E-state index in [-0.39, 0.29) is 0 Å². The minimum absolute atomic E-state index is 0.685. The Kier molecular flexibility index (Phi) is 8.90. The van der Waals surface area contributed by atoms with Crippen LogP contribution in [0, 0.1) is 0 Å². The SMILES string of the molecule is C=CC(/C(C)=C/c1c(C=C)n(-c2ccc(-c3nc(-c4ccccc4)cc(-c4ccccc4)n3)cc2)c2ccccc12)=c1/sc2ccccc2/c1=C/C. The van der Waals surface area contributed by atoms with Gasteiger partial charge in [0.25, 0.3) is 0 Å².